The Balaban J connectivity index is 1.51. The first kappa shape index (κ1) is 16.2. The van der Waals surface area contributed by atoms with E-state index >= 15 is 0 Å². The smallest absolute Gasteiger partial charge is 0.238 e. The van der Waals surface area contributed by atoms with Crippen molar-refractivity contribution in [1.29, 1.82) is 0 Å². The Kier molecular flexibility index (Phi) is 5.13. The Morgan fingerprint density at radius 1 is 1.17 bits per heavy atom. The van der Waals surface area contributed by atoms with Crippen LogP contribution in [0.3, 0.4) is 0 Å². The second-order valence-electron chi connectivity index (χ2n) is 6.38. The van der Waals surface area contributed by atoms with E-state index in [0.717, 1.165) is 42.7 Å². The minimum Gasteiger partial charge on any atom is -0.324 e. The van der Waals surface area contributed by atoms with Crippen molar-refractivity contribution >= 4 is 22.9 Å². The SMILES string of the molecule is Cc1cccc(C)c1NC(=O)CN1CCC(c2cccs2)CC1. The number of rotatable bonds is 4. The van der Waals surface area contributed by atoms with E-state index in [4.69, 9.17) is 0 Å². The van der Waals surface area contributed by atoms with Crippen LogP contribution in [0, 0.1) is 13.8 Å². The topological polar surface area (TPSA) is 32.3 Å². The number of nitrogens with zero attached hydrogens (tertiary/aromatic N) is 1. The summed E-state index contributed by atoms with van der Waals surface area (Å²) in [5, 5.41) is 5.24. The zero-order chi connectivity index (χ0) is 16.2. The van der Waals surface area contributed by atoms with Crippen molar-refractivity contribution in [2.24, 2.45) is 0 Å². The van der Waals surface area contributed by atoms with E-state index in [1.54, 1.807) is 0 Å². The lowest BCUT2D eigenvalue weighted by Crippen LogP contribution is -2.38. The Labute approximate surface area is 142 Å². The Bertz CT molecular complexity index is 638. The van der Waals surface area contributed by atoms with Gasteiger partial charge in [-0.05, 0) is 68.3 Å². The molecule has 4 heteroatoms. The molecule has 1 fully saturated rings. The molecule has 1 saturated heterocycles. The number of nitrogens with one attached hydrogen (secondary N) is 1. The number of amides is 1. The van der Waals surface area contributed by atoms with Gasteiger partial charge in [0.05, 0.1) is 6.54 Å². The van der Waals surface area contributed by atoms with Crippen LogP contribution in [0.2, 0.25) is 0 Å². The lowest BCUT2D eigenvalue weighted by Gasteiger charge is -2.31. The van der Waals surface area contributed by atoms with E-state index in [0.29, 0.717) is 12.5 Å². The number of hydrogen-bond acceptors (Lipinski definition) is 3. The number of likely N-dealkylation sites (tertiary alicyclic amines) is 1. The molecule has 1 aromatic heterocycles. The lowest BCUT2D eigenvalue weighted by molar-refractivity contribution is -0.117. The van der Waals surface area contributed by atoms with Crippen LogP contribution in [0.25, 0.3) is 0 Å². The summed E-state index contributed by atoms with van der Waals surface area (Å²) in [6, 6.07) is 10.5. The number of piperidine rings is 1. The van der Waals surface area contributed by atoms with E-state index < -0.39 is 0 Å². The van der Waals surface area contributed by atoms with E-state index in [1.165, 1.54) is 4.88 Å². The molecule has 0 saturated carbocycles. The molecular formula is C19H24N2OS. The van der Waals surface area contributed by atoms with Crippen LogP contribution in [0.15, 0.2) is 35.7 Å². The summed E-state index contributed by atoms with van der Waals surface area (Å²) in [5.74, 6) is 0.768. The average molecular weight is 328 g/mol. The highest BCUT2D eigenvalue weighted by atomic mass is 32.1. The molecule has 1 aliphatic rings. The fourth-order valence-electron chi connectivity index (χ4n) is 3.29. The molecule has 0 bridgehead atoms. The maximum absolute atomic E-state index is 12.3. The van der Waals surface area contributed by atoms with E-state index in [2.05, 4.69) is 27.7 Å². The fraction of sp³-hybridized carbons (Fsp3) is 0.421. The molecule has 23 heavy (non-hydrogen) atoms. The van der Waals surface area contributed by atoms with Crippen molar-refractivity contribution in [3.05, 3.63) is 51.7 Å². The summed E-state index contributed by atoms with van der Waals surface area (Å²) >= 11 is 1.85. The van der Waals surface area contributed by atoms with Gasteiger partial charge in [-0.1, -0.05) is 24.3 Å². The fourth-order valence-corrected chi connectivity index (χ4v) is 4.19. The van der Waals surface area contributed by atoms with Crippen LogP contribution in [-0.2, 0) is 4.79 Å². The van der Waals surface area contributed by atoms with Crippen molar-refractivity contribution in [1.82, 2.24) is 4.90 Å². The summed E-state index contributed by atoms with van der Waals surface area (Å²) in [5.41, 5.74) is 3.20. The standard InChI is InChI=1S/C19H24N2OS/c1-14-5-3-6-15(2)19(14)20-18(22)13-21-10-8-16(9-11-21)17-7-4-12-23-17/h3-7,12,16H,8-11,13H2,1-2H3,(H,20,22). The molecule has 2 heterocycles. The van der Waals surface area contributed by atoms with Crippen LogP contribution >= 0.6 is 11.3 Å². The third-order valence-corrected chi connectivity index (χ3v) is 5.68. The first-order valence-corrected chi connectivity index (χ1v) is 9.13. The van der Waals surface area contributed by atoms with Gasteiger partial charge in [-0.25, -0.2) is 0 Å². The molecular weight excluding hydrogens is 304 g/mol. The van der Waals surface area contributed by atoms with Gasteiger partial charge in [0.25, 0.3) is 0 Å². The summed E-state index contributed by atoms with van der Waals surface area (Å²) in [6.45, 7) is 6.57. The van der Waals surface area contributed by atoms with Crippen molar-refractivity contribution in [2.75, 3.05) is 25.0 Å². The Morgan fingerprint density at radius 2 is 1.87 bits per heavy atom. The maximum Gasteiger partial charge on any atom is 0.238 e. The van der Waals surface area contributed by atoms with Gasteiger partial charge in [-0.15, -0.1) is 11.3 Å². The number of carbonyl (C=O) groups is 1. The number of benzene rings is 1. The number of thiophene rings is 1. The van der Waals surface area contributed by atoms with Crippen molar-refractivity contribution < 1.29 is 4.79 Å². The van der Waals surface area contributed by atoms with Gasteiger partial charge in [-0.3, -0.25) is 9.69 Å². The van der Waals surface area contributed by atoms with Gasteiger partial charge in [0.1, 0.15) is 0 Å². The molecule has 2 aromatic rings. The predicted octanol–water partition coefficient (Wildman–Crippen LogP) is 4.18. The van der Waals surface area contributed by atoms with Gasteiger partial charge in [0.2, 0.25) is 5.91 Å². The number of para-hydroxylation sites is 1. The third-order valence-electron chi connectivity index (χ3n) is 4.65. The Morgan fingerprint density at radius 3 is 2.48 bits per heavy atom. The van der Waals surface area contributed by atoms with Crippen LogP contribution < -0.4 is 5.32 Å². The lowest BCUT2D eigenvalue weighted by atomic mass is 9.95. The zero-order valence-corrected chi connectivity index (χ0v) is 14.7. The number of carbonyl (C=O) groups excluding carboxylic acids is 1. The van der Waals surface area contributed by atoms with Gasteiger partial charge >= 0.3 is 0 Å². The van der Waals surface area contributed by atoms with Crippen molar-refractivity contribution in [2.45, 2.75) is 32.6 Å². The van der Waals surface area contributed by atoms with Crippen LogP contribution in [-0.4, -0.2) is 30.4 Å². The quantitative estimate of drug-likeness (QED) is 0.913. The number of aryl methyl sites for hydroxylation is 2. The third kappa shape index (κ3) is 4.01. The second-order valence-corrected chi connectivity index (χ2v) is 7.36. The molecule has 0 radical (unpaired) electrons. The molecule has 0 unspecified atom stereocenters. The summed E-state index contributed by atoms with van der Waals surface area (Å²) in [7, 11) is 0. The highest BCUT2D eigenvalue weighted by Gasteiger charge is 2.22. The highest BCUT2D eigenvalue weighted by Crippen LogP contribution is 2.30. The van der Waals surface area contributed by atoms with Crippen LogP contribution in [0.5, 0.6) is 0 Å². The van der Waals surface area contributed by atoms with E-state index in [-0.39, 0.29) is 5.91 Å². The molecule has 1 amide bonds. The van der Waals surface area contributed by atoms with Gasteiger partial charge in [0, 0.05) is 10.6 Å². The van der Waals surface area contributed by atoms with Crippen molar-refractivity contribution in [3.8, 4) is 0 Å². The molecule has 122 valence electrons. The van der Waals surface area contributed by atoms with Crippen molar-refractivity contribution in [3.63, 3.8) is 0 Å². The normalized spacial score (nSPS) is 16.4. The summed E-state index contributed by atoms with van der Waals surface area (Å²) < 4.78 is 0. The van der Waals surface area contributed by atoms with E-state index in [9.17, 15) is 4.79 Å². The van der Waals surface area contributed by atoms with Crippen LogP contribution in [0.4, 0.5) is 5.69 Å². The minimum absolute atomic E-state index is 0.0944. The molecule has 3 rings (SSSR count). The molecule has 0 atom stereocenters. The van der Waals surface area contributed by atoms with Crippen LogP contribution in [0.1, 0.15) is 34.8 Å². The van der Waals surface area contributed by atoms with Gasteiger partial charge in [0.15, 0.2) is 0 Å². The summed E-state index contributed by atoms with van der Waals surface area (Å²) in [6.07, 6.45) is 2.30. The number of anilines is 1. The largest absolute Gasteiger partial charge is 0.324 e. The first-order chi connectivity index (χ1) is 11.1. The summed E-state index contributed by atoms with van der Waals surface area (Å²) in [4.78, 5) is 16.1. The molecule has 0 aliphatic carbocycles. The van der Waals surface area contributed by atoms with E-state index in [1.807, 2.05) is 43.4 Å². The Hall–Kier alpha value is -1.65. The minimum atomic E-state index is 0.0944. The maximum atomic E-state index is 12.3. The molecule has 3 nitrogen and oxygen atoms in total. The second kappa shape index (κ2) is 7.28. The monoisotopic (exact) mass is 328 g/mol. The van der Waals surface area contributed by atoms with Gasteiger partial charge < -0.3 is 5.32 Å². The average Bonchev–Trinajstić information content (AvgIpc) is 3.06. The molecule has 1 aliphatic heterocycles. The number of hydrogen-bond donors (Lipinski definition) is 1. The zero-order valence-electron chi connectivity index (χ0n) is 13.8. The molecule has 1 aromatic carbocycles. The van der Waals surface area contributed by atoms with Gasteiger partial charge in [-0.2, -0.15) is 0 Å². The highest BCUT2D eigenvalue weighted by molar-refractivity contribution is 7.10. The predicted molar refractivity (Wildman–Crippen MR) is 97.3 cm³/mol. The molecule has 1 N–H and O–H groups in total. The molecule has 0 spiro atoms. The first-order valence-electron chi connectivity index (χ1n) is 8.25.